The molecule has 2 aromatic carbocycles. The van der Waals surface area contributed by atoms with Gasteiger partial charge in [-0.2, -0.15) is 0 Å². The Balaban J connectivity index is 1.49. The number of hydrogen-bond donors (Lipinski definition) is 1. The number of hydrogen-bond acceptors (Lipinski definition) is 3. The molecule has 0 amide bonds. The van der Waals surface area contributed by atoms with Crippen molar-refractivity contribution < 1.29 is 4.74 Å². The summed E-state index contributed by atoms with van der Waals surface area (Å²) in [6.45, 7) is 7.18. The number of benzene rings is 2. The van der Waals surface area contributed by atoms with Gasteiger partial charge < -0.3 is 15.0 Å². The van der Waals surface area contributed by atoms with Crippen molar-refractivity contribution in [1.29, 1.82) is 0 Å². The second-order valence-electron chi connectivity index (χ2n) is 5.98. The van der Waals surface area contributed by atoms with Gasteiger partial charge in [0.25, 0.3) is 0 Å². The van der Waals surface area contributed by atoms with Crippen LogP contribution in [-0.2, 0) is 6.42 Å². The molecule has 0 radical (unpaired) electrons. The monoisotopic (exact) mass is 296 g/mol. The van der Waals surface area contributed by atoms with Crippen LogP contribution in [-0.4, -0.2) is 25.7 Å². The minimum Gasteiger partial charge on any atom is -0.491 e. The minimum absolute atomic E-state index is 0.217. The summed E-state index contributed by atoms with van der Waals surface area (Å²) >= 11 is 0. The normalized spacial score (nSPS) is 13.3. The number of nitrogens with zero attached hydrogens (tertiary/aromatic N) is 1. The van der Waals surface area contributed by atoms with E-state index in [-0.39, 0.29) is 6.10 Å². The molecule has 116 valence electrons. The molecule has 22 heavy (non-hydrogen) atoms. The van der Waals surface area contributed by atoms with Crippen LogP contribution >= 0.6 is 0 Å². The Morgan fingerprint density at radius 2 is 1.86 bits per heavy atom. The quantitative estimate of drug-likeness (QED) is 0.873. The fourth-order valence-electron chi connectivity index (χ4n) is 2.90. The largest absolute Gasteiger partial charge is 0.491 e. The topological polar surface area (TPSA) is 24.5 Å². The Hall–Kier alpha value is -2.16. The molecule has 3 heteroatoms. The van der Waals surface area contributed by atoms with Gasteiger partial charge in [0.1, 0.15) is 5.75 Å². The summed E-state index contributed by atoms with van der Waals surface area (Å²) in [6.07, 6.45) is 1.38. The Bertz CT molecular complexity index is 607. The summed E-state index contributed by atoms with van der Waals surface area (Å²) in [4.78, 5) is 2.46. The molecular formula is C19H24N2O. The van der Waals surface area contributed by atoms with Crippen LogP contribution in [0.3, 0.4) is 0 Å². The molecule has 0 unspecified atom stereocenters. The number of rotatable bonds is 6. The first-order chi connectivity index (χ1) is 10.7. The van der Waals surface area contributed by atoms with Crippen molar-refractivity contribution in [3.8, 4) is 5.75 Å². The highest BCUT2D eigenvalue weighted by Crippen LogP contribution is 2.26. The van der Waals surface area contributed by atoms with Gasteiger partial charge in [0.05, 0.1) is 6.10 Å². The molecular weight excluding hydrogens is 272 g/mol. The molecule has 0 saturated carbocycles. The average Bonchev–Trinajstić information content (AvgIpc) is 2.92. The van der Waals surface area contributed by atoms with Crippen LogP contribution in [0.1, 0.15) is 19.4 Å². The molecule has 0 bridgehead atoms. The highest BCUT2D eigenvalue weighted by molar-refractivity contribution is 5.58. The highest BCUT2D eigenvalue weighted by Gasteiger charge is 2.17. The van der Waals surface area contributed by atoms with Crippen molar-refractivity contribution in [2.75, 3.05) is 29.9 Å². The maximum absolute atomic E-state index is 5.66. The van der Waals surface area contributed by atoms with E-state index < -0.39 is 0 Å². The van der Waals surface area contributed by atoms with Crippen LogP contribution < -0.4 is 15.0 Å². The third kappa shape index (κ3) is 3.53. The molecule has 0 aliphatic carbocycles. The molecule has 1 aliphatic heterocycles. The highest BCUT2D eigenvalue weighted by atomic mass is 16.5. The van der Waals surface area contributed by atoms with Gasteiger partial charge in [-0.25, -0.2) is 0 Å². The standard InChI is InChI=1S/C19H24N2O/c1-15(2)22-18-9-7-17(8-10-18)20-12-14-21-13-11-16-5-3-4-6-19(16)21/h3-10,15,20H,11-14H2,1-2H3. The van der Waals surface area contributed by atoms with Gasteiger partial charge in [-0.15, -0.1) is 0 Å². The predicted molar refractivity (Wildman–Crippen MR) is 93.1 cm³/mol. The lowest BCUT2D eigenvalue weighted by molar-refractivity contribution is 0.242. The van der Waals surface area contributed by atoms with Crippen molar-refractivity contribution in [3.05, 3.63) is 54.1 Å². The van der Waals surface area contributed by atoms with E-state index in [2.05, 4.69) is 46.6 Å². The van der Waals surface area contributed by atoms with E-state index >= 15 is 0 Å². The third-order valence-corrected chi connectivity index (χ3v) is 3.92. The van der Waals surface area contributed by atoms with E-state index in [0.29, 0.717) is 0 Å². The third-order valence-electron chi connectivity index (χ3n) is 3.92. The Kier molecular flexibility index (Phi) is 4.52. The molecule has 0 atom stereocenters. The SMILES string of the molecule is CC(C)Oc1ccc(NCCN2CCc3ccccc32)cc1. The summed E-state index contributed by atoms with van der Waals surface area (Å²) in [5.41, 5.74) is 4.01. The molecule has 0 spiro atoms. The van der Waals surface area contributed by atoms with Crippen molar-refractivity contribution >= 4 is 11.4 Å². The number of fused-ring (bicyclic) bond motifs is 1. The molecule has 2 aromatic rings. The smallest absolute Gasteiger partial charge is 0.119 e. The van der Waals surface area contributed by atoms with Crippen molar-refractivity contribution in [3.63, 3.8) is 0 Å². The summed E-state index contributed by atoms with van der Waals surface area (Å²) in [7, 11) is 0. The zero-order valence-electron chi connectivity index (χ0n) is 13.4. The van der Waals surface area contributed by atoms with Gasteiger partial charge in [0.15, 0.2) is 0 Å². The molecule has 0 saturated heterocycles. The maximum atomic E-state index is 5.66. The van der Waals surface area contributed by atoms with Gasteiger partial charge >= 0.3 is 0 Å². The molecule has 1 N–H and O–H groups in total. The second kappa shape index (κ2) is 6.73. The van der Waals surface area contributed by atoms with Crippen LogP contribution in [0.2, 0.25) is 0 Å². The van der Waals surface area contributed by atoms with Crippen LogP contribution in [0, 0.1) is 0 Å². The summed E-state index contributed by atoms with van der Waals surface area (Å²) in [5.74, 6) is 0.925. The van der Waals surface area contributed by atoms with Crippen LogP contribution in [0.4, 0.5) is 11.4 Å². The van der Waals surface area contributed by atoms with Crippen molar-refractivity contribution in [2.45, 2.75) is 26.4 Å². The molecule has 3 rings (SSSR count). The van der Waals surface area contributed by atoms with Crippen LogP contribution in [0.25, 0.3) is 0 Å². The fourth-order valence-corrected chi connectivity index (χ4v) is 2.90. The first-order valence-corrected chi connectivity index (χ1v) is 8.06. The first kappa shape index (κ1) is 14.8. The second-order valence-corrected chi connectivity index (χ2v) is 5.98. The average molecular weight is 296 g/mol. The number of nitrogens with one attached hydrogen (secondary N) is 1. The molecule has 1 heterocycles. The van der Waals surface area contributed by atoms with Gasteiger partial charge in [-0.1, -0.05) is 18.2 Å². The number of anilines is 2. The zero-order valence-corrected chi connectivity index (χ0v) is 13.4. The van der Waals surface area contributed by atoms with Crippen molar-refractivity contribution in [2.24, 2.45) is 0 Å². The van der Waals surface area contributed by atoms with Gasteiger partial charge in [0.2, 0.25) is 0 Å². The lowest BCUT2D eigenvalue weighted by Crippen LogP contribution is -2.27. The number of ether oxygens (including phenoxy) is 1. The predicted octanol–water partition coefficient (Wildman–Crippen LogP) is 3.95. The van der Waals surface area contributed by atoms with Crippen LogP contribution in [0.15, 0.2) is 48.5 Å². The minimum atomic E-state index is 0.217. The fraction of sp³-hybridized carbons (Fsp3) is 0.368. The Labute approximate surface area is 132 Å². The summed E-state index contributed by atoms with van der Waals surface area (Å²) in [6, 6.07) is 16.9. The van der Waals surface area contributed by atoms with Crippen molar-refractivity contribution in [1.82, 2.24) is 0 Å². The molecule has 3 nitrogen and oxygen atoms in total. The number of para-hydroxylation sites is 1. The lowest BCUT2D eigenvalue weighted by atomic mass is 10.2. The van der Waals surface area contributed by atoms with E-state index in [9.17, 15) is 0 Å². The van der Waals surface area contributed by atoms with E-state index in [0.717, 1.165) is 37.5 Å². The molecule has 1 aliphatic rings. The van der Waals surface area contributed by atoms with E-state index in [4.69, 9.17) is 4.74 Å². The van der Waals surface area contributed by atoms with E-state index in [1.54, 1.807) is 0 Å². The van der Waals surface area contributed by atoms with E-state index in [1.807, 2.05) is 26.0 Å². The summed E-state index contributed by atoms with van der Waals surface area (Å²) in [5, 5.41) is 3.49. The Morgan fingerprint density at radius 1 is 1.09 bits per heavy atom. The van der Waals surface area contributed by atoms with E-state index in [1.165, 1.54) is 11.3 Å². The van der Waals surface area contributed by atoms with Gasteiger partial charge in [-0.05, 0) is 56.2 Å². The first-order valence-electron chi connectivity index (χ1n) is 8.06. The molecule has 0 aromatic heterocycles. The Morgan fingerprint density at radius 3 is 2.64 bits per heavy atom. The summed E-state index contributed by atoms with van der Waals surface area (Å²) < 4.78 is 5.66. The lowest BCUT2D eigenvalue weighted by Gasteiger charge is -2.20. The van der Waals surface area contributed by atoms with Crippen LogP contribution in [0.5, 0.6) is 5.75 Å². The van der Waals surface area contributed by atoms with Gasteiger partial charge in [-0.3, -0.25) is 0 Å². The van der Waals surface area contributed by atoms with Gasteiger partial charge in [0, 0.05) is 31.0 Å². The maximum Gasteiger partial charge on any atom is 0.119 e. The molecule has 0 fully saturated rings. The zero-order chi connectivity index (χ0) is 15.4.